The summed E-state index contributed by atoms with van der Waals surface area (Å²) in [6, 6.07) is 0. The molecule has 1 aliphatic rings. The van der Waals surface area contributed by atoms with Crippen LogP contribution in [0.1, 0.15) is 26.2 Å². The van der Waals surface area contributed by atoms with Crippen LogP contribution in [0, 0.1) is 5.41 Å². The monoisotopic (exact) mass is 227 g/mol. The highest BCUT2D eigenvalue weighted by molar-refractivity contribution is 5.84. The molecular weight excluding hydrogens is 206 g/mol. The molecule has 2 amide bonds. The van der Waals surface area contributed by atoms with Crippen LogP contribution < -0.4 is 16.0 Å². The largest absolute Gasteiger partial charge is 0.359 e. The van der Waals surface area contributed by atoms with E-state index in [1.807, 2.05) is 6.92 Å². The molecule has 1 atom stereocenters. The minimum atomic E-state index is -0.261. The fraction of sp³-hybridized carbons (Fsp3) is 0.818. The van der Waals surface area contributed by atoms with E-state index < -0.39 is 0 Å². The molecule has 16 heavy (non-hydrogen) atoms. The SMILES string of the molecule is CCC1(C(=O)NCCC(=O)NC)CCNC1. The van der Waals surface area contributed by atoms with Crippen LogP contribution in [0.3, 0.4) is 0 Å². The van der Waals surface area contributed by atoms with E-state index in [0.717, 1.165) is 25.9 Å². The van der Waals surface area contributed by atoms with E-state index in [1.165, 1.54) is 0 Å². The number of nitrogens with one attached hydrogen (secondary N) is 3. The lowest BCUT2D eigenvalue weighted by Gasteiger charge is -2.25. The van der Waals surface area contributed by atoms with Gasteiger partial charge in [0.25, 0.3) is 0 Å². The van der Waals surface area contributed by atoms with Gasteiger partial charge in [0.15, 0.2) is 0 Å². The topological polar surface area (TPSA) is 70.2 Å². The molecule has 1 fully saturated rings. The average molecular weight is 227 g/mol. The Hall–Kier alpha value is -1.10. The molecule has 0 aromatic heterocycles. The molecule has 5 heteroatoms. The van der Waals surface area contributed by atoms with Crippen molar-refractivity contribution in [2.75, 3.05) is 26.7 Å². The van der Waals surface area contributed by atoms with Crippen LogP contribution >= 0.6 is 0 Å². The molecule has 0 radical (unpaired) electrons. The summed E-state index contributed by atoms with van der Waals surface area (Å²) in [5.74, 6) is 0.0271. The molecule has 0 aromatic rings. The van der Waals surface area contributed by atoms with Crippen molar-refractivity contribution in [2.24, 2.45) is 5.41 Å². The lowest BCUT2D eigenvalue weighted by atomic mass is 9.83. The number of carbonyl (C=O) groups is 2. The molecule has 0 saturated carbocycles. The number of carbonyl (C=O) groups excluding carboxylic acids is 2. The molecule has 0 aliphatic carbocycles. The Morgan fingerprint density at radius 2 is 2.19 bits per heavy atom. The quantitative estimate of drug-likeness (QED) is 0.600. The van der Waals surface area contributed by atoms with Gasteiger partial charge in [-0.15, -0.1) is 0 Å². The summed E-state index contributed by atoms with van der Waals surface area (Å²) in [6.07, 6.45) is 2.07. The lowest BCUT2D eigenvalue weighted by Crippen LogP contribution is -2.43. The molecule has 5 nitrogen and oxygen atoms in total. The third-order valence-corrected chi connectivity index (χ3v) is 3.32. The van der Waals surface area contributed by atoms with Gasteiger partial charge in [0, 0.05) is 26.6 Å². The van der Waals surface area contributed by atoms with Crippen molar-refractivity contribution in [2.45, 2.75) is 26.2 Å². The summed E-state index contributed by atoms with van der Waals surface area (Å²) < 4.78 is 0. The van der Waals surface area contributed by atoms with Gasteiger partial charge >= 0.3 is 0 Å². The smallest absolute Gasteiger partial charge is 0.227 e. The maximum atomic E-state index is 12.0. The second kappa shape index (κ2) is 5.84. The van der Waals surface area contributed by atoms with Gasteiger partial charge in [-0.1, -0.05) is 6.92 Å². The summed E-state index contributed by atoms with van der Waals surface area (Å²) in [4.78, 5) is 23.0. The second-order valence-corrected chi connectivity index (χ2v) is 4.24. The van der Waals surface area contributed by atoms with Gasteiger partial charge in [-0.3, -0.25) is 9.59 Å². The molecule has 0 spiro atoms. The number of hydrogen-bond acceptors (Lipinski definition) is 3. The van der Waals surface area contributed by atoms with E-state index in [-0.39, 0.29) is 17.2 Å². The molecule has 1 saturated heterocycles. The number of amides is 2. The van der Waals surface area contributed by atoms with Gasteiger partial charge < -0.3 is 16.0 Å². The van der Waals surface area contributed by atoms with E-state index in [1.54, 1.807) is 7.05 Å². The van der Waals surface area contributed by atoms with Gasteiger partial charge in [-0.25, -0.2) is 0 Å². The predicted octanol–water partition coefficient (Wildman–Crippen LogP) is -0.372. The summed E-state index contributed by atoms with van der Waals surface area (Å²) in [6.45, 7) is 4.09. The maximum Gasteiger partial charge on any atom is 0.227 e. The highest BCUT2D eigenvalue weighted by Gasteiger charge is 2.39. The Morgan fingerprint density at radius 3 is 2.69 bits per heavy atom. The summed E-state index contributed by atoms with van der Waals surface area (Å²) in [5.41, 5.74) is -0.261. The van der Waals surface area contributed by atoms with Crippen LogP contribution in [0.15, 0.2) is 0 Å². The van der Waals surface area contributed by atoms with Gasteiger partial charge in [-0.2, -0.15) is 0 Å². The lowest BCUT2D eigenvalue weighted by molar-refractivity contribution is -0.130. The summed E-state index contributed by atoms with van der Waals surface area (Å²) >= 11 is 0. The van der Waals surface area contributed by atoms with Crippen molar-refractivity contribution in [1.29, 1.82) is 0 Å². The first-order chi connectivity index (χ1) is 7.64. The van der Waals surface area contributed by atoms with Crippen molar-refractivity contribution in [1.82, 2.24) is 16.0 Å². The molecule has 1 aliphatic heterocycles. The summed E-state index contributed by atoms with van der Waals surface area (Å²) in [5, 5.41) is 8.59. The van der Waals surface area contributed by atoms with E-state index in [2.05, 4.69) is 16.0 Å². The van der Waals surface area contributed by atoms with Crippen LogP contribution in [0.4, 0.5) is 0 Å². The number of hydrogen-bond donors (Lipinski definition) is 3. The Labute approximate surface area is 96.4 Å². The van der Waals surface area contributed by atoms with Crippen molar-refractivity contribution in [3.8, 4) is 0 Å². The first kappa shape index (κ1) is 13.0. The third kappa shape index (κ3) is 2.95. The van der Waals surface area contributed by atoms with Crippen molar-refractivity contribution in [3.63, 3.8) is 0 Å². The molecule has 3 N–H and O–H groups in total. The normalized spacial score (nSPS) is 24.1. The van der Waals surface area contributed by atoms with Crippen LogP contribution in [-0.4, -0.2) is 38.5 Å². The Bertz CT molecular complexity index is 260. The van der Waals surface area contributed by atoms with E-state index >= 15 is 0 Å². The Balaban J connectivity index is 2.36. The molecule has 92 valence electrons. The van der Waals surface area contributed by atoms with Gasteiger partial charge in [0.1, 0.15) is 0 Å². The first-order valence-corrected chi connectivity index (χ1v) is 5.84. The molecular formula is C11H21N3O2. The average Bonchev–Trinajstić information content (AvgIpc) is 2.78. The Morgan fingerprint density at radius 1 is 1.44 bits per heavy atom. The van der Waals surface area contributed by atoms with Gasteiger partial charge in [-0.05, 0) is 19.4 Å². The maximum absolute atomic E-state index is 12.0. The molecule has 1 heterocycles. The minimum Gasteiger partial charge on any atom is -0.359 e. The standard InChI is InChI=1S/C11H21N3O2/c1-3-11(5-7-13-8-11)10(16)14-6-4-9(15)12-2/h13H,3-8H2,1-2H3,(H,12,15)(H,14,16). The highest BCUT2D eigenvalue weighted by atomic mass is 16.2. The predicted molar refractivity (Wildman–Crippen MR) is 61.9 cm³/mol. The molecule has 1 unspecified atom stereocenters. The zero-order valence-electron chi connectivity index (χ0n) is 10.1. The molecule has 1 rings (SSSR count). The van der Waals surface area contributed by atoms with Crippen molar-refractivity contribution < 1.29 is 9.59 Å². The van der Waals surface area contributed by atoms with Crippen LogP contribution in [0.25, 0.3) is 0 Å². The zero-order chi connectivity index (χ0) is 12.0. The van der Waals surface area contributed by atoms with Gasteiger partial charge in [0.05, 0.1) is 5.41 Å². The van der Waals surface area contributed by atoms with Crippen LogP contribution in [0.5, 0.6) is 0 Å². The van der Waals surface area contributed by atoms with Gasteiger partial charge in [0.2, 0.25) is 11.8 Å². The first-order valence-electron chi connectivity index (χ1n) is 5.84. The van der Waals surface area contributed by atoms with E-state index in [4.69, 9.17) is 0 Å². The molecule has 0 aromatic carbocycles. The number of rotatable bonds is 5. The van der Waals surface area contributed by atoms with Crippen molar-refractivity contribution >= 4 is 11.8 Å². The fourth-order valence-electron chi connectivity index (χ4n) is 2.00. The summed E-state index contributed by atoms with van der Waals surface area (Å²) in [7, 11) is 1.60. The minimum absolute atomic E-state index is 0.0459. The Kier molecular flexibility index (Phi) is 4.73. The highest BCUT2D eigenvalue weighted by Crippen LogP contribution is 2.29. The van der Waals surface area contributed by atoms with E-state index in [9.17, 15) is 9.59 Å². The zero-order valence-corrected chi connectivity index (χ0v) is 10.1. The fourth-order valence-corrected chi connectivity index (χ4v) is 2.00. The third-order valence-electron chi connectivity index (χ3n) is 3.32. The van der Waals surface area contributed by atoms with Crippen LogP contribution in [-0.2, 0) is 9.59 Å². The van der Waals surface area contributed by atoms with E-state index in [0.29, 0.717) is 13.0 Å². The van der Waals surface area contributed by atoms with Crippen LogP contribution in [0.2, 0.25) is 0 Å². The van der Waals surface area contributed by atoms with Crippen molar-refractivity contribution in [3.05, 3.63) is 0 Å². The molecule has 0 bridgehead atoms. The second-order valence-electron chi connectivity index (χ2n) is 4.24.